The zero-order chi connectivity index (χ0) is 25.4. The summed E-state index contributed by atoms with van der Waals surface area (Å²) in [7, 11) is 6.18. The van der Waals surface area contributed by atoms with Gasteiger partial charge in [0, 0.05) is 28.0 Å². The van der Waals surface area contributed by atoms with Crippen molar-refractivity contribution >= 4 is 57.3 Å². The summed E-state index contributed by atoms with van der Waals surface area (Å²) in [5, 5.41) is 44.0. The molecule has 0 atom stereocenters. The van der Waals surface area contributed by atoms with E-state index in [-0.39, 0.29) is 11.2 Å². The first-order valence-electron chi connectivity index (χ1n) is 11.5. The first-order valence-corrected chi connectivity index (χ1v) is 11.5. The Morgan fingerprint density at radius 1 is 0.622 bits per heavy atom. The lowest BCUT2D eigenvalue weighted by molar-refractivity contribution is 0.347. The van der Waals surface area contributed by atoms with E-state index in [4.69, 9.17) is 12.8 Å². The number of rotatable bonds is 2. The van der Waals surface area contributed by atoms with E-state index < -0.39 is 23.0 Å². The fraction of sp³-hybridized carbons (Fsp3) is 0. The minimum Gasteiger partial charge on any atom is -0.505 e. The third-order valence-electron chi connectivity index (χ3n) is 6.77. The zero-order valence-electron chi connectivity index (χ0n) is 19.2. The van der Waals surface area contributed by atoms with Crippen LogP contribution in [-0.4, -0.2) is 47.4 Å². The largest absolute Gasteiger partial charge is 0.505 e. The van der Waals surface area contributed by atoms with E-state index in [1.807, 2.05) is 77.4 Å². The van der Waals surface area contributed by atoms with Crippen molar-refractivity contribution in [3.05, 3.63) is 79.0 Å². The predicted octanol–water partition coefficient (Wildman–Crippen LogP) is 4.29. The van der Waals surface area contributed by atoms with Crippen molar-refractivity contribution < 1.29 is 20.4 Å². The molecule has 0 fully saturated rings. The number of para-hydroxylation sites is 2. The van der Waals surface area contributed by atoms with Crippen LogP contribution in [0.1, 0.15) is 0 Å². The number of phenols is 4. The first-order chi connectivity index (χ1) is 18.0. The molecule has 9 heteroatoms. The molecule has 0 aliphatic rings. The molecule has 4 aromatic heterocycles. The zero-order valence-corrected chi connectivity index (χ0v) is 19.2. The summed E-state index contributed by atoms with van der Waals surface area (Å²) in [5.74, 6) is -3.19. The number of aromatic hydroxyl groups is 4. The third-order valence-corrected chi connectivity index (χ3v) is 6.77. The van der Waals surface area contributed by atoms with Gasteiger partial charge in [0.05, 0.1) is 22.2 Å². The molecule has 0 spiro atoms. The number of fused-ring (bicyclic) bond motifs is 6. The lowest BCUT2D eigenvalue weighted by Crippen LogP contribution is -2.14. The highest BCUT2D eigenvalue weighted by molar-refractivity contribution is 6.38. The van der Waals surface area contributed by atoms with Crippen LogP contribution in [0, 0.1) is 0 Å². The summed E-state index contributed by atoms with van der Waals surface area (Å²) in [4.78, 5) is 9.71. The molecule has 0 aliphatic carbocycles. The minimum atomic E-state index is -0.898. The highest BCUT2D eigenvalue weighted by atomic mass is 16.3. The second-order valence-electron chi connectivity index (χ2n) is 8.78. The number of hydrogen-bond donors (Lipinski definition) is 4. The summed E-state index contributed by atoms with van der Waals surface area (Å²) < 4.78 is 3.59. The number of hydrogen-bond acceptors (Lipinski definition) is 6. The molecule has 0 aliphatic heterocycles. The number of aromatic nitrogens is 4. The van der Waals surface area contributed by atoms with Crippen molar-refractivity contribution in [2.75, 3.05) is 0 Å². The molecule has 0 unspecified atom stereocenters. The Balaban J connectivity index is 1.72. The first kappa shape index (κ1) is 21.1. The highest BCUT2D eigenvalue weighted by Gasteiger charge is 2.26. The van der Waals surface area contributed by atoms with Crippen molar-refractivity contribution in [2.24, 2.45) is 0 Å². The van der Waals surface area contributed by atoms with E-state index in [1.54, 1.807) is 10.8 Å². The lowest BCUT2D eigenvalue weighted by Gasteiger charge is -2.16. The van der Waals surface area contributed by atoms with Crippen LogP contribution in [0.4, 0.5) is 0 Å². The molecular weight excluding hydrogens is 467 g/mol. The summed E-state index contributed by atoms with van der Waals surface area (Å²) in [6.07, 6.45) is 1.74. The number of benzene rings is 3. The molecule has 0 bridgehead atoms. The molecule has 0 saturated heterocycles. The Morgan fingerprint density at radius 3 is 2.11 bits per heavy atom. The van der Waals surface area contributed by atoms with Gasteiger partial charge in [0.2, 0.25) is 11.5 Å². The van der Waals surface area contributed by atoms with Crippen LogP contribution in [0.2, 0.25) is 0 Å². The van der Waals surface area contributed by atoms with Crippen LogP contribution >= 0.6 is 0 Å². The van der Waals surface area contributed by atoms with Crippen LogP contribution in [0.15, 0.2) is 79.0 Å². The minimum absolute atomic E-state index is 0.0913. The van der Waals surface area contributed by atoms with Gasteiger partial charge in [-0.05, 0) is 41.9 Å². The summed E-state index contributed by atoms with van der Waals surface area (Å²) >= 11 is 0. The molecule has 176 valence electrons. The number of nitrogens with zero attached hydrogens (tertiary/aromatic N) is 4. The van der Waals surface area contributed by atoms with Gasteiger partial charge in [0.1, 0.15) is 19.1 Å². The molecule has 7 rings (SSSR count). The van der Waals surface area contributed by atoms with E-state index in [0.717, 1.165) is 32.9 Å². The average Bonchev–Trinajstić information content (AvgIpc) is 3.43. The Labute approximate surface area is 210 Å². The van der Waals surface area contributed by atoms with E-state index in [9.17, 15) is 20.4 Å². The quantitative estimate of drug-likeness (QED) is 0.165. The van der Waals surface area contributed by atoms with Crippen molar-refractivity contribution in [1.82, 2.24) is 19.1 Å². The van der Waals surface area contributed by atoms with Crippen LogP contribution in [-0.2, 0) is 0 Å². The standard InChI is InChI=1S/C28H17BN4O4/c29-20-22(24(35)26(37)25(36)23(20)34)33-18-10-5-4-9-15(18)16-13-17-21-19(11-6-12-30-21)32(28(17)31-27(16)33)14-7-2-1-3-8-14/h1-13,34-37H. The Bertz CT molecular complexity index is 2020. The van der Waals surface area contributed by atoms with Crippen LogP contribution < -0.4 is 5.46 Å². The number of pyridine rings is 2. The second kappa shape index (κ2) is 7.41. The second-order valence-corrected chi connectivity index (χ2v) is 8.78. The summed E-state index contributed by atoms with van der Waals surface area (Å²) in [6.45, 7) is 0. The molecule has 8 nitrogen and oxygen atoms in total. The van der Waals surface area contributed by atoms with Gasteiger partial charge < -0.3 is 20.4 Å². The molecule has 37 heavy (non-hydrogen) atoms. The fourth-order valence-corrected chi connectivity index (χ4v) is 5.11. The SMILES string of the molecule is [B]c1c(O)c(O)c(O)c(O)c1-n1c2ccccc2c2cc3c4ncccc4n(-c4ccccc4)c3nc21. The lowest BCUT2D eigenvalue weighted by atomic mass is 9.91. The fourth-order valence-electron chi connectivity index (χ4n) is 5.11. The van der Waals surface area contributed by atoms with E-state index in [1.165, 1.54) is 0 Å². The molecular formula is C28H17BN4O4. The Hall–Kier alpha value is -5.18. The Kier molecular flexibility index (Phi) is 4.23. The molecule has 3 aromatic carbocycles. The van der Waals surface area contributed by atoms with Gasteiger partial charge in [-0.15, -0.1) is 0 Å². The van der Waals surface area contributed by atoms with Gasteiger partial charge in [-0.25, -0.2) is 4.98 Å². The van der Waals surface area contributed by atoms with Crippen LogP contribution in [0.3, 0.4) is 0 Å². The van der Waals surface area contributed by atoms with Crippen LogP contribution in [0.5, 0.6) is 23.0 Å². The van der Waals surface area contributed by atoms with Gasteiger partial charge in [-0.3, -0.25) is 14.1 Å². The molecule has 4 heterocycles. The maximum Gasteiger partial charge on any atom is 0.206 e. The summed E-state index contributed by atoms with van der Waals surface area (Å²) in [6, 6.07) is 23.1. The number of phenolic OH excluding ortho intramolecular Hbond substituents is 4. The van der Waals surface area contributed by atoms with Crippen molar-refractivity contribution in [3.8, 4) is 34.4 Å². The van der Waals surface area contributed by atoms with E-state index in [2.05, 4.69) is 4.98 Å². The molecule has 0 amide bonds. The van der Waals surface area contributed by atoms with E-state index >= 15 is 0 Å². The van der Waals surface area contributed by atoms with Gasteiger partial charge in [0.15, 0.2) is 11.5 Å². The van der Waals surface area contributed by atoms with Crippen molar-refractivity contribution in [3.63, 3.8) is 0 Å². The normalized spacial score (nSPS) is 11.8. The van der Waals surface area contributed by atoms with Gasteiger partial charge in [-0.1, -0.05) is 36.4 Å². The predicted molar refractivity (Wildman–Crippen MR) is 143 cm³/mol. The monoisotopic (exact) mass is 484 g/mol. The molecule has 7 aromatic rings. The van der Waals surface area contributed by atoms with E-state index in [0.29, 0.717) is 16.8 Å². The van der Waals surface area contributed by atoms with Gasteiger partial charge >= 0.3 is 0 Å². The highest BCUT2D eigenvalue weighted by Crippen LogP contribution is 2.46. The molecule has 0 saturated carbocycles. The molecule has 2 radical (unpaired) electrons. The van der Waals surface area contributed by atoms with Crippen molar-refractivity contribution in [2.45, 2.75) is 0 Å². The van der Waals surface area contributed by atoms with Crippen molar-refractivity contribution in [1.29, 1.82) is 0 Å². The Morgan fingerprint density at radius 2 is 1.30 bits per heavy atom. The average molecular weight is 484 g/mol. The summed E-state index contributed by atoms with van der Waals surface area (Å²) in [5.41, 5.74) is 3.85. The van der Waals surface area contributed by atoms with Gasteiger partial charge in [-0.2, -0.15) is 0 Å². The molecule has 4 N–H and O–H groups in total. The van der Waals surface area contributed by atoms with Crippen LogP contribution in [0.25, 0.3) is 55.4 Å². The third kappa shape index (κ3) is 2.73. The maximum atomic E-state index is 10.9. The van der Waals surface area contributed by atoms with Gasteiger partial charge in [0.25, 0.3) is 0 Å². The topological polar surface area (TPSA) is 117 Å². The smallest absolute Gasteiger partial charge is 0.206 e. The maximum absolute atomic E-state index is 10.9.